The summed E-state index contributed by atoms with van der Waals surface area (Å²) < 4.78 is 0. The van der Waals surface area contributed by atoms with E-state index >= 15 is 0 Å². The van der Waals surface area contributed by atoms with Crippen LogP contribution < -0.4 is 0 Å². The Balaban J connectivity index is 0.00000144. The van der Waals surface area contributed by atoms with Crippen molar-refractivity contribution in [2.75, 3.05) is 0 Å². The van der Waals surface area contributed by atoms with Crippen molar-refractivity contribution in [2.45, 2.75) is 20.8 Å². The zero-order valence-electron chi connectivity index (χ0n) is 8.14. The van der Waals surface area contributed by atoms with E-state index in [1.54, 1.807) is 6.92 Å². The fourth-order valence-corrected chi connectivity index (χ4v) is 1.39. The zero-order chi connectivity index (χ0) is 9.14. The van der Waals surface area contributed by atoms with E-state index in [0.29, 0.717) is 5.57 Å². The third kappa shape index (κ3) is 2.88. The molecule has 0 aliphatic rings. The van der Waals surface area contributed by atoms with Gasteiger partial charge in [-0.15, -0.1) is 5.56 Å². The summed E-state index contributed by atoms with van der Waals surface area (Å²) in [7, 11) is 0. The van der Waals surface area contributed by atoms with Crippen LogP contribution in [0.2, 0.25) is 0 Å². The van der Waals surface area contributed by atoms with Crippen molar-refractivity contribution in [1.29, 1.82) is 0 Å². The fraction of sp³-hybridized carbons (Fsp3) is 0.273. The van der Waals surface area contributed by atoms with Gasteiger partial charge in [-0.1, -0.05) is 13.8 Å². The largest absolute Gasteiger partial charge is 3.00 e. The van der Waals surface area contributed by atoms with Gasteiger partial charge in [-0.2, -0.15) is 29.3 Å². The molecule has 0 aliphatic heterocycles. The first kappa shape index (κ1) is 12.8. The molecule has 1 aromatic rings. The number of rotatable bonds is 1. The maximum atomic E-state index is 10.4. The first-order valence-corrected chi connectivity index (χ1v) is 3.86. The summed E-state index contributed by atoms with van der Waals surface area (Å²) in [5.41, 5.74) is 3.83. The second kappa shape index (κ2) is 5.49. The molecule has 0 aromatic heterocycles. The van der Waals surface area contributed by atoms with Crippen LogP contribution >= 0.6 is 0 Å². The summed E-state index contributed by atoms with van der Waals surface area (Å²) in [6.07, 6.45) is 0. The summed E-state index contributed by atoms with van der Waals surface area (Å²) in [5.74, 6) is 1.92. The van der Waals surface area contributed by atoms with Crippen molar-refractivity contribution in [3.63, 3.8) is 0 Å². The summed E-state index contributed by atoms with van der Waals surface area (Å²) in [5, 5.41) is 0. The Labute approximate surface area is 104 Å². The molecule has 2 heteroatoms. The maximum absolute atomic E-state index is 10.4. The molecule has 0 radical (unpaired) electrons. The molecular formula is C11H11OY+2. The molecule has 0 bridgehead atoms. The summed E-state index contributed by atoms with van der Waals surface area (Å²) in [4.78, 5) is 10.4. The maximum Gasteiger partial charge on any atom is 3.00 e. The first-order chi connectivity index (χ1) is 5.66. The van der Waals surface area contributed by atoms with E-state index in [1.807, 2.05) is 31.9 Å². The van der Waals surface area contributed by atoms with Crippen molar-refractivity contribution in [1.82, 2.24) is 0 Å². The predicted octanol–water partition coefficient (Wildman–Crippen LogP) is 2.34. The van der Waals surface area contributed by atoms with Gasteiger partial charge in [0.1, 0.15) is 5.94 Å². The smallest absolute Gasteiger partial charge is 0.233 e. The van der Waals surface area contributed by atoms with Crippen LogP contribution in [0.5, 0.6) is 0 Å². The Bertz CT molecular complexity index is 329. The Morgan fingerprint density at radius 1 is 1.31 bits per heavy atom. The standard InChI is InChI=1S/C11H11O.Y/c1-8-5-4-6-9(2)11(8)10(3)7-12;/h5-6H,1-3H3;/q-1;+3. The van der Waals surface area contributed by atoms with Crippen LogP contribution in [0.3, 0.4) is 0 Å². The van der Waals surface area contributed by atoms with Gasteiger partial charge in [0.25, 0.3) is 0 Å². The molecule has 0 unspecified atom stereocenters. The molecule has 0 aliphatic carbocycles. The SMILES string of the molecule is CC(=C=O)c1c(C)c[c-]cc1C.[Y+3]. The molecule has 13 heavy (non-hydrogen) atoms. The molecule has 0 amide bonds. The van der Waals surface area contributed by atoms with Crippen LogP contribution in [0.4, 0.5) is 0 Å². The van der Waals surface area contributed by atoms with Crippen molar-refractivity contribution in [3.05, 3.63) is 34.9 Å². The van der Waals surface area contributed by atoms with E-state index in [2.05, 4.69) is 6.07 Å². The van der Waals surface area contributed by atoms with Crippen LogP contribution in [-0.2, 0) is 37.5 Å². The number of hydrogen-bond donors (Lipinski definition) is 0. The van der Waals surface area contributed by atoms with Crippen LogP contribution in [0.25, 0.3) is 5.57 Å². The molecule has 0 N–H and O–H groups in total. The van der Waals surface area contributed by atoms with Crippen molar-refractivity contribution in [3.8, 4) is 0 Å². The molecule has 1 rings (SSSR count). The Morgan fingerprint density at radius 2 is 1.77 bits per heavy atom. The second-order valence-corrected chi connectivity index (χ2v) is 2.92. The third-order valence-corrected chi connectivity index (χ3v) is 1.92. The van der Waals surface area contributed by atoms with Gasteiger partial charge in [0, 0.05) is 5.57 Å². The summed E-state index contributed by atoms with van der Waals surface area (Å²) >= 11 is 0. The number of aryl methyl sites for hydroxylation is 2. The number of carbonyl (C=O) groups excluding carboxylic acids is 1. The van der Waals surface area contributed by atoms with E-state index in [1.165, 1.54) is 0 Å². The predicted molar refractivity (Wildman–Crippen MR) is 49.5 cm³/mol. The van der Waals surface area contributed by atoms with E-state index in [9.17, 15) is 4.79 Å². The van der Waals surface area contributed by atoms with Crippen molar-refractivity contribution in [2.24, 2.45) is 0 Å². The van der Waals surface area contributed by atoms with Crippen molar-refractivity contribution >= 4 is 11.5 Å². The van der Waals surface area contributed by atoms with Gasteiger partial charge >= 0.3 is 32.7 Å². The van der Waals surface area contributed by atoms with Gasteiger partial charge < -0.3 is 0 Å². The number of allylic oxidation sites excluding steroid dienone is 1. The molecule has 1 nitrogen and oxygen atoms in total. The third-order valence-electron chi connectivity index (χ3n) is 1.92. The molecule has 62 valence electrons. The molecule has 0 spiro atoms. The minimum atomic E-state index is 0. The monoisotopic (exact) mass is 248 g/mol. The Kier molecular flexibility index (Phi) is 5.40. The second-order valence-electron chi connectivity index (χ2n) is 2.92. The molecule has 0 atom stereocenters. The summed E-state index contributed by atoms with van der Waals surface area (Å²) in [6, 6.07) is 6.76. The van der Waals surface area contributed by atoms with Gasteiger partial charge in [-0.05, 0) is 6.92 Å². The normalized spacial score (nSPS) is 8.54. The molecular weight excluding hydrogens is 237 g/mol. The number of hydrogen-bond acceptors (Lipinski definition) is 1. The van der Waals surface area contributed by atoms with Gasteiger partial charge in [0.15, 0.2) is 0 Å². The molecule has 0 fully saturated rings. The van der Waals surface area contributed by atoms with E-state index < -0.39 is 0 Å². The Hall–Kier alpha value is -0.226. The molecule has 0 saturated carbocycles. The van der Waals surface area contributed by atoms with Gasteiger partial charge in [-0.3, -0.25) is 0 Å². The van der Waals surface area contributed by atoms with E-state index in [4.69, 9.17) is 0 Å². The van der Waals surface area contributed by atoms with Gasteiger partial charge in [0.05, 0.1) is 0 Å². The van der Waals surface area contributed by atoms with Gasteiger partial charge in [-0.25, -0.2) is 4.79 Å². The molecule has 0 heterocycles. The topological polar surface area (TPSA) is 17.1 Å². The molecule has 1 aromatic carbocycles. The zero-order valence-corrected chi connectivity index (χ0v) is 11.0. The number of benzene rings is 1. The van der Waals surface area contributed by atoms with E-state index in [-0.39, 0.29) is 32.7 Å². The van der Waals surface area contributed by atoms with Crippen LogP contribution in [-0.4, -0.2) is 5.94 Å². The molecule has 0 saturated heterocycles. The van der Waals surface area contributed by atoms with Crippen LogP contribution in [0.15, 0.2) is 12.1 Å². The first-order valence-electron chi connectivity index (χ1n) is 3.86. The Morgan fingerprint density at radius 3 is 2.15 bits per heavy atom. The average Bonchev–Trinajstić information content (AvgIpc) is 2.03. The van der Waals surface area contributed by atoms with Crippen LogP contribution in [0, 0.1) is 19.9 Å². The minimum Gasteiger partial charge on any atom is -0.233 e. The fourth-order valence-electron chi connectivity index (χ4n) is 1.39. The van der Waals surface area contributed by atoms with Crippen LogP contribution in [0.1, 0.15) is 23.6 Å². The average molecular weight is 248 g/mol. The van der Waals surface area contributed by atoms with E-state index in [0.717, 1.165) is 16.7 Å². The van der Waals surface area contributed by atoms with Crippen molar-refractivity contribution < 1.29 is 37.5 Å². The minimum absolute atomic E-state index is 0. The summed E-state index contributed by atoms with van der Waals surface area (Å²) in [6.45, 7) is 5.72. The van der Waals surface area contributed by atoms with Gasteiger partial charge in [0.2, 0.25) is 0 Å². The quantitative estimate of drug-likeness (QED) is 0.550.